The lowest BCUT2D eigenvalue weighted by Gasteiger charge is -2.03. The standard InChI is InChI=1S/C19H18FN5O/c20-14-4-2-13(3-5-14)15-10-16(15)18-24-17(11-21)19(26-18)23-6-1-8-25-9-7-22-12-25/h2-5,7,9,12,15-16,23H,1,6,8,10H2. The number of oxazole rings is 1. The Balaban J connectivity index is 1.36. The molecule has 2 unspecified atom stereocenters. The third kappa shape index (κ3) is 3.45. The highest BCUT2D eigenvalue weighted by Crippen LogP contribution is 2.54. The van der Waals surface area contributed by atoms with Gasteiger partial charge in [-0.15, -0.1) is 0 Å². The largest absolute Gasteiger partial charge is 0.424 e. The topological polar surface area (TPSA) is 79.7 Å². The monoisotopic (exact) mass is 351 g/mol. The summed E-state index contributed by atoms with van der Waals surface area (Å²) in [6.45, 7) is 1.51. The Morgan fingerprint density at radius 1 is 1.31 bits per heavy atom. The van der Waals surface area contributed by atoms with Crippen molar-refractivity contribution in [3.8, 4) is 6.07 Å². The lowest BCUT2D eigenvalue weighted by molar-refractivity contribution is 0.503. The summed E-state index contributed by atoms with van der Waals surface area (Å²) >= 11 is 0. The van der Waals surface area contributed by atoms with Crippen molar-refractivity contribution in [2.45, 2.75) is 31.2 Å². The van der Waals surface area contributed by atoms with Gasteiger partial charge < -0.3 is 14.3 Å². The molecule has 0 radical (unpaired) electrons. The fourth-order valence-corrected chi connectivity index (χ4v) is 3.12. The number of imidazole rings is 1. The van der Waals surface area contributed by atoms with E-state index in [1.165, 1.54) is 12.1 Å². The van der Waals surface area contributed by atoms with E-state index in [9.17, 15) is 9.65 Å². The third-order valence-electron chi connectivity index (χ3n) is 4.59. The number of aryl methyl sites for hydroxylation is 1. The van der Waals surface area contributed by atoms with Crippen LogP contribution in [0.5, 0.6) is 0 Å². The van der Waals surface area contributed by atoms with Crippen LogP contribution in [0.4, 0.5) is 10.3 Å². The molecule has 1 saturated carbocycles. The molecule has 0 aliphatic heterocycles. The molecule has 1 aliphatic carbocycles. The second kappa shape index (κ2) is 7.00. The number of halogens is 1. The maximum Gasteiger partial charge on any atom is 0.232 e. The number of hydrogen-bond acceptors (Lipinski definition) is 5. The van der Waals surface area contributed by atoms with Gasteiger partial charge in [0, 0.05) is 31.4 Å². The van der Waals surface area contributed by atoms with E-state index in [1.54, 1.807) is 24.7 Å². The molecule has 2 aromatic heterocycles. The fraction of sp³-hybridized carbons (Fsp3) is 0.316. The van der Waals surface area contributed by atoms with Crippen molar-refractivity contribution >= 4 is 5.88 Å². The van der Waals surface area contributed by atoms with Gasteiger partial charge in [0.1, 0.15) is 11.9 Å². The van der Waals surface area contributed by atoms with Crippen molar-refractivity contribution in [1.82, 2.24) is 14.5 Å². The van der Waals surface area contributed by atoms with Gasteiger partial charge in [-0.1, -0.05) is 12.1 Å². The summed E-state index contributed by atoms with van der Waals surface area (Å²) < 4.78 is 20.9. The molecule has 1 aliphatic rings. The van der Waals surface area contributed by atoms with Gasteiger partial charge in [0.15, 0.2) is 0 Å². The van der Waals surface area contributed by atoms with Gasteiger partial charge >= 0.3 is 0 Å². The number of aromatic nitrogens is 3. The van der Waals surface area contributed by atoms with Crippen molar-refractivity contribution in [3.05, 3.63) is 66.0 Å². The van der Waals surface area contributed by atoms with Crippen LogP contribution in [0.25, 0.3) is 0 Å². The van der Waals surface area contributed by atoms with Crippen molar-refractivity contribution in [3.63, 3.8) is 0 Å². The third-order valence-corrected chi connectivity index (χ3v) is 4.59. The number of nitrogens with one attached hydrogen (secondary N) is 1. The Bertz CT molecular complexity index is 911. The van der Waals surface area contributed by atoms with Crippen LogP contribution in [0, 0.1) is 17.1 Å². The Labute approximate surface area is 150 Å². The highest BCUT2D eigenvalue weighted by Gasteiger charge is 2.43. The van der Waals surface area contributed by atoms with E-state index in [2.05, 4.69) is 21.4 Å². The van der Waals surface area contributed by atoms with E-state index in [-0.39, 0.29) is 23.3 Å². The summed E-state index contributed by atoms with van der Waals surface area (Å²) in [6.07, 6.45) is 7.21. The van der Waals surface area contributed by atoms with E-state index in [0.717, 1.165) is 24.9 Å². The molecule has 1 fully saturated rings. The zero-order chi connectivity index (χ0) is 17.9. The van der Waals surface area contributed by atoms with Crippen LogP contribution >= 0.6 is 0 Å². The molecule has 2 heterocycles. The molecule has 7 heteroatoms. The van der Waals surface area contributed by atoms with Gasteiger partial charge in [-0.2, -0.15) is 5.26 Å². The summed E-state index contributed by atoms with van der Waals surface area (Å²) in [4.78, 5) is 8.34. The summed E-state index contributed by atoms with van der Waals surface area (Å²) in [7, 11) is 0. The minimum Gasteiger partial charge on any atom is -0.424 e. The molecular weight excluding hydrogens is 333 g/mol. The Morgan fingerprint density at radius 3 is 2.88 bits per heavy atom. The van der Waals surface area contributed by atoms with Crippen LogP contribution in [0.15, 0.2) is 47.4 Å². The van der Waals surface area contributed by atoms with Crippen molar-refractivity contribution in [1.29, 1.82) is 5.26 Å². The lowest BCUT2D eigenvalue weighted by Crippen LogP contribution is -2.06. The Morgan fingerprint density at radius 2 is 2.15 bits per heavy atom. The number of rotatable bonds is 7. The van der Waals surface area contributed by atoms with Crippen LogP contribution in [0.1, 0.15) is 41.8 Å². The molecule has 0 amide bonds. The molecule has 26 heavy (non-hydrogen) atoms. The smallest absolute Gasteiger partial charge is 0.232 e. The average Bonchev–Trinajstić information content (AvgIpc) is 3.09. The predicted octanol–water partition coefficient (Wildman–Crippen LogP) is 3.66. The zero-order valence-corrected chi connectivity index (χ0v) is 14.1. The van der Waals surface area contributed by atoms with Gasteiger partial charge in [0.05, 0.1) is 6.33 Å². The fourth-order valence-electron chi connectivity index (χ4n) is 3.12. The van der Waals surface area contributed by atoms with Gasteiger partial charge in [-0.25, -0.2) is 14.4 Å². The quantitative estimate of drug-likeness (QED) is 0.657. The molecule has 3 aromatic rings. The molecule has 4 rings (SSSR count). The van der Waals surface area contributed by atoms with E-state index < -0.39 is 0 Å². The highest BCUT2D eigenvalue weighted by atomic mass is 19.1. The van der Waals surface area contributed by atoms with Crippen molar-refractivity contribution in [2.24, 2.45) is 0 Å². The van der Waals surface area contributed by atoms with Gasteiger partial charge in [0.2, 0.25) is 17.5 Å². The average molecular weight is 351 g/mol. The van der Waals surface area contributed by atoms with E-state index >= 15 is 0 Å². The second-order valence-corrected chi connectivity index (χ2v) is 6.42. The van der Waals surface area contributed by atoms with Crippen LogP contribution in [0.2, 0.25) is 0 Å². The van der Waals surface area contributed by atoms with E-state index in [4.69, 9.17) is 4.42 Å². The number of benzene rings is 1. The van der Waals surface area contributed by atoms with Crippen LogP contribution in [-0.2, 0) is 6.54 Å². The first kappa shape index (κ1) is 16.3. The maximum atomic E-state index is 13.0. The zero-order valence-electron chi connectivity index (χ0n) is 14.1. The van der Waals surface area contributed by atoms with E-state index in [1.807, 2.05) is 10.8 Å². The first-order chi connectivity index (χ1) is 12.7. The summed E-state index contributed by atoms with van der Waals surface area (Å²) in [6, 6.07) is 8.61. The number of nitriles is 1. The minimum atomic E-state index is -0.240. The first-order valence-corrected chi connectivity index (χ1v) is 8.60. The normalized spacial score (nSPS) is 18.5. The van der Waals surface area contributed by atoms with Gasteiger partial charge in [-0.05, 0) is 36.5 Å². The molecule has 0 bridgehead atoms. The summed E-state index contributed by atoms with van der Waals surface area (Å²) in [5.74, 6) is 1.19. The Kier molecular flexibility index (Phi) is 4.40. The predicted molar refractivity (Wildman–Crippen MR) is 93.1 cm³/mol. The molecule has 1 N–H and O–H groups in total. The van der Waals surface area contributed by atoms with Crippen LogP contribution in [0.3, 0.4) is 0 Å². The molecule has 2 atom stereocenters. The molecule has 132 valence electrons. The van der Waals surface area contributed by atoms with E-state index in [0.29, 0.717) is 18.3 Å². The SMILES string of the molecule is N#Cc1nc(C2CC2c2ccc(F)cc2)oc1NCCCn1ccnc1. The molecule has 6 nitrogen and oxygen atoms in total. The number of nitrogens with zero attached hydrogens (tertiary/aromatic N) is 4. The lowest BCUT2D eigenvalue weighted by atomic mass is 10.1. The minimum absolute atomic E-state index is 0.147. The van der Waals surface area contributed by atoms with Crippen molar-refractivity contribution < 1.29 is 8.81 Å². The summed E-state index contributed by atoms with van der Waals surface area (Å²) in [5.41, 5.74) is 1.36. The number of hydrogen-bond donors (Lipinski definition) is 1. The molecule has 0 saturated heterocycles. The summed E-state index contributed by atoms with van der Waals surface area (Å²) in [5, 5.41) is 12.4. The van der Waals surface area contributed by atoms with Crippen LogP contribution in [-0.4, -0.2) is 21.1 Å². The molecular formula is C19H18FN5O. The maximum absolute atomic E-state index is 13.0. The molecule has 0 spiro atoms. The highest BCUT2D eigenvalue weighted by molar-refractivity contribution is 5.46. The number of anilines is 1. The second-order valence-electron chi connectivity index (χ2n) is 6.42. The van der Waals surface area contributed by atoms with Gasteiger partial charge in [0.25, 0.3) is 0 Å². The molecule has 1 aromatic carbocycles. The first-order valence-electron chi connectivity index (χ1n) is 8.60. The van der Waals surface area contributed by atoms with Gasteiger partial charge in [-0.3, -0.25) is 0 Å². The van der Waals surface area contributed by atoms with Crippen LogP contribution < -0.4 is 5.32 Å². The Hall–Kier alpha value is -3.14. The van der Waals surface area contributed by atoms with Crippen molar-refractivity contribution in [2.75, 3.05) is 11.9 Å².